The number of carbonyl (C=O) groups is 18. The van der Waals surface area contributed by atoms with Gasteiger partial charge in [0.15, 0.2) is 55.5 Å². The molecule has 0 spiro atoms. The Kier molecular flexibility index (Phi) is 60.0. The van der Waals surface area contributed by atoms with Crippen LogP contribution in [0.4, 0.5) is 0 Å². The second kappa shape index (κ2) is 68.4. The van der Waals surface area contributed by atoms with Crippen molar-refractivity contribution >= 4 is 115 Å². The lowest BCUT2D eigenvalue weighted by molar-refractivity contribution is -0.277. The number of rotatable bonds is 70. The van der Waals surface area contributed by atoms with Crippen LogP contribution in [-0.4, -0.2) is 345 Å². The fraction of sp³-hybridized carbons (Fsp3) is 0.802. The van der Waals surface area contributed by atoms with Gasteiger partial charge in [0.25, 0.3) is 0 Å². The van der Waals surface area contributed by atoms with Gasteiger partial charge in [0.2, 0.25) is 53.2 Å². The Morgan fingerprint density at radius 2 is 0.652 bits per heavy atom. The summed E-state index contributed by atoms with van der Waals surface area (Å²) in [6.45, 7) is 13.9. The maximum Gasteiger partial charge on any atom is 0.472 e. The number of phosphoric ester groups is 1. The molecule has 4 aliphatic rings. The average molecular weight is 2040 g/mol. The van der Waals surface area contributed by atoms with Gasteiger partial charge in [-0.25, -0.2) is 4.57 Å². The molecule has 0 aromatic carbocycles. The minimum Gasteiger partial charge on any atom is -0.463 e. The zero-order valence-corrected chi connectivity index (χ0v) is 84.3. The van der Waals surface area contributed by atoms with E-state index >= 15 is 0 Å². The molecule has 0 aromatic rings. The maximum atomic E-state index is 15.0. The Morgan fingerprint density at radius 1 is 0.355 bits per heavy atom. The summed E-state index contributed by atoms with van der Waals surface area (Å²) < 4.78 is 125. The molecule has 9 amide bonds. The number of nitrogens with one attached hydrogen (secondary N) is 8. The van der Waals surface area contributed by atoms with Crippen molar-refractivity contribution in [3.8, 4) is 0 Å². The number of likely N-dealkylation sites (tertiary alicyclic amines) is 1. The van der Waals surface area contributed by atoms with E-state index in [1.807, 2.05) is 0 Å². The molecule has 4 fully saturated rings. The topological polar surface area (TPSA) is 629 Å². The minimum atomic E-state index is -4.11. The first-order valence-electron chi connectivity index (χ1n) is 48.1. The summed E-state index contributed by atoms with van der Waals surface area (Å²) in [4.78, 5) is 240. The molecule has 4 aliphatic heterocycles. The number of carbonyl (C=O) groups excluding carboxylic acids is 18. The smallest absolute Gasteiger partial charge is 0.463 e. The molecule has 0 aromatic heterocycles. The van der Waals surface area contributed by atoms with Gasteiger partial charge in [-0.1, -0.05) is 51.4 Å². The molecule has 17 atom stereocenters. The van der Waals surface area contributed by atoms with Crippen LogP contribution in [0.15, 0.2) is 0 Å². The van der Waals surface area contributed by atoms with E-state index in [1.165, 1.54) is 25.7 Å². The summed E-state index contributed by atoms with van der Waals surface area (Å²) in [5.74, 6) is -10.8. The highest BCUT2D eigenvalue weighted by Crippen LogP contribution is 2.43. The number of hydrogen-bond donors (Lipinski definition) is 9. The van der Waals surface area contributed by atoms with Crippen molar-refractivity contribution in [3.63, 3.8) is 0 Å². The van der Waals surface area contributed by atoms with Crippen molar-refractivity contribution in [2.45, 2.75) is 348 Å². The van der Waals surface area contributed by atoms with Crippen LogP contribution in [0.1, 0.15) is 244 Å². The van der Waals surface area contributed by atoms with Gasteiger partial charge in [0.1, 0.15) is 67.8 Å². The highest BCUT2D eigenvalue weighted by atomic mass is 31.2. The van der Waals surface area contributed by atoms with Gasteiger partial charge >= 0.3 is 61.5 Å². The molecule has 0 bridgehead atoms. The largest absolute Gasteiger partial charge is 0.472 e. The van der Waals surface area contributed by atoms with E-state index in [0.717, 1.165) is 62.3 Å². The van der Waals surface area contributed by atoms with E-state index in [9.17, 15) is 95.8 Å². The summed E-state index contributed by atoms with van der Waals surface area (Å²) in [6.07, 6.45) is -6.05. The van der Waals surface area contributed by atoms with Gasteiger partial charge in [-0.15, -0.1) is 0 Å². The zero-order chi connectivity index (χ0) is 104. The van der Waals surface area contributed by atoms with Crippen LogP contribution in [0.2, 0.25) is 0 Å². The SMILES string of the molecule is CCOP(=O)(O)OCCCCCCNC(=O)CCCC(=O)N1CCCC1C(=O)NC(COCCC(=O)NCCCCCCOC1OC(COC(C)=O)C(OC(C)=O)C(OC(C)=O)C1NC(C)=O)(COCCC(=O)NCCCCCCOC1OC(COC(C)=O)C(OC(C)=O)C(OC(C)=O)C1NC(C)=O)COCCC(=O)NCCCCCCOC1OC(COC(C)=O)C(OC(C)=O)C(OC(C)=O)C1NC(C)=O. The summed E-state index contributed by atoms with van der Waals surface area (Å²) in [6, 6.07) is -4.51. The lowest BCUT2D eigenvalue weighted by atomic mass is 9.96. The zero-order valence-electron chi connectivity index (χ0n) is 83.4. The number of unbranched alkanes of at least 4 members (excludes halogenated alkanes) is 12. The Labute approximate surface area is 821 Å². The van der Waals surface area contributed by atoms with Gasteiger partial charge in [-0.05, 0) is 77.6 Å². The number of esters is 9. The fourth-order valence-electron chi connectivity index (χ4n) is 15.6. The molecule has 49 nitrogen and oxygen atoms in total. The van der Waals surface area contributed by atoms with Gasteiger partial charge in [-0.3, -0.25) is 95.3 Å². The van der Waals surface area contributed by atoms with Crippen LogP contribution >= 0.6 is 7.82 Å². The van der Waals surface area contributed by atoms with E-state index in [4.69, 9.17) is 94.3 Å². The average Bonchev–Trinajstić information content (AvgIpc) is 1.67. The number of hydrogen-bond acceptors (Lipinski definition) is 39. The number of phosphoric acid groups is 1. The summed E-state index contributed by atoms with van der Waals surface area (Å²) in [5, 5.41) is 22.5. The lowest BCUT2D eigenvalue weighted by Crippen LogP contribution is -2.66. The lowest BCUT2D eigenvalue weighted by Gasteiger charge is -2.44. The van der Waals surface area contributed by atoms with Crippen molar-refractivity contribution in [3.05, 3.63) is 0 Å². The molecule has 0 aliphatic carbocycles. The minimum absolute atomic E-state index is 0.00754. The molecule has 4 heterocycles. The molecule has 17 unspecified atom stereocenters. The molecule has 9 N–H and O–H groups in total. The predicted octanol–water partition coefficient (Wildman–Crippen LogP) is 2.10. The molecule has 4 rings (SSSR count). The molecular formula is C91H150N9O40P. The number of nitrogens with zero attached hydrogens (tertiary/aromatic N) is 1. The van der Waals surface area contributed by atoms with Crippen LogP contribution < -0.4 is 42.5 Å². The van der Waals surface area contributed by atoms with Gasteiger partial charge in [-0.2, -0.15) is 0 Å². The molecule has 0 radical (unpaired) electrons. The van der Waals surface area contributed by atoms with Crippen LogP contribution in [-0.2, 0) is 185 Å². The Morgan fingerprint density at radius 3 is 0.950 bits per heavy atom. The summed E-state index contributed by atoms with van der Waals surface area (Å²) in [7, 11) is -4.11. The Bertz CT molecular complexity index is 3690. The quantitative estimate of drug-likeness (QED) is 0.0182. The van der Waals surface area contributed by atoms with Crippen LogP contribution in [0.25, 0.3) is 0 Å². The first kappa shape index (κ1) is 124. The first-order valence-corrected chi connectivity index (χ1v) is 49.6. The molecule has 50 heteroatoms. The third-order valence-electron chi connectivity index (χ3n) is 21.8. The monoisotopic (exact) mass is 2040 g/mol. The number of ether oxygens (including phenoxy) is 18. The van der Waals surface area contributed by atoms with Crippen molar-refractivity contribution < 1.29 is 190 Å². The van der Waals surface area contributed by atoms with Gasteiger partial charge in [0.05, 0.1) is 52.9 Å². The third-order valence-corrected chi connectivity index (χ3v) is 22.9. The summed E-state index contributed by atoms with van der Waals surface area (Å²) >= 11 is 0. The summed E-state index contributed by atoms with van der Waals surface area (Å²) in [5.41, 5.74) is -1.64. The van der Waals surface area contributed by atoms with E-state index in [0.29, 0.717) is 116 Å². The van der Waals surface area contributed by atoms with Crippen molar-refractivity contribution in [2.75, 3.05) is 125 Å². The van der Waals surface area contributed by atoms with Gasteiger partial charge in [0, 0.05) is 168 Å². The predicted molar refractivity (Wildman–Crippen MR) is 489 cm³/mol. The van der Waals surface area contributed by atoms with E-state index in [2.05, 4.69) is 42.5 Å². The second-order valence-corrected chi connectivity index (χ2v) is 35.8. The Balaban J connectivity index is 1.49. The molecule has 0 saturated carbocycles. The van der Waals surface area contributed by atoms with E-state index in [-0.39, 0.29) is 150 Å². The van der Waals surface area contributed by atoms with Crippen molar-refractivity contribution in [1.82, 2.24) is 47.4 Å². The molecular weight excluding hydrogens is 1890 g/mol. The highest BCUT2D eigenvalue weighted by molar-refractivity contribution is 7.47. The number of amides is 9. The van der Waals surface area contributed by atoms with Crippen LogP contribution in [0, 0.1) is 0 Å². The van der Waals surface area contributed by atoms with E-state index < -0.39 is 232 Å². The molecule has 4 saturated heterocycles. The second-order valence-electron chi connectivity index (χ2n) is 34.3. The van der Waals surface area contributed by atoms with Crippen LogP contribution in [0.5, 0.6) is 0 Å². The van der Waals surface area contributed by atoms with Crippen molar-refractivity contribution in [2.24, 2.45) is 0 Å². The standard InChI is InChI=1S/C91H150N9O40P/c1-14-130-141(119,120)131-47-30-22-18-26-39-92-73(113)34-31-35-77(117)100-43-32-33-69(100)87(118)99-91(54-121-48-36-74(114)93-40-23-15-19-27-44-124-88-78(96-57(2)101)84(135-66(11)110)81(132-63(8)107)70(138-88)51-127-60(5)104,55-122-49-37-75(115)94-41-24-16-20-28-45-125-89-79(97-58(3)102)85(136-67(12)111)82(133-64(9)108)71(139-89)52-128-61(6)105)56-123-50-38-76(116)95-42-25-17-21-29-46-126-90-80(98-59(4)103)86(137-68(13)112)83(134-65(10)109)72(140-90)53-129-62(7)106/h69-72,78-86,88-90H,14-56H2,1-13H3,(H,92,113)(H,93,114)(H,94,115)(H,95,116)(H,96,101)(H,97,102)(H,98,103)(H,99,118)(H,119,120). The molecule has 804 valence electrons. The van der Waals surface area contributed by atoms with Gasteiger partial charge < -0.3 is 138 Å². The first-order chi connectivity index (χ1) is 67.0. The maximum absolute atomic E-state index is 15.0. The third kappa shape index (κ3) is 51.8. The normalized spacial score (nSPS) is 22.8. The fourth-order valence-corrected chi connectivity index (χ4v) is 16.4. The van der Waals surface area contributed by atoms with Crippen molar-refractivity contribution in [1.29, 1.82) is 0 Å². The Hall–Kier alpha value is -9.79. The van der Waals surface area contributed by atoms with E-state index in [1.54, 1.807) is 6.92 Å². The molecule has 141 heavy (non-hydrogen) atoms. The highest BCUT2D eigenvalue weighted by Gasteiger charge is 2.55. The van der Waals surface area contributed by atoms with Crippen LogP contribution in [0.3, 0.4) is 0 Å².